The average molecular weight is 320 g/mol. The first-order chi connectivity index (χ1) is 11.0. The predicted molar refractivity (Wildman–Crippen MR) is 81.2 cm³/mol. The summed E-state index contributed by atoms with van der Waals surface area (Å²) in [5, 5.41) is 0. The number of aryl methyl sites for hydroxylation is 3. The van der Waals surface area contributed by atoms with Crippen molar-refractivity contribution in [1.29, 1.82) is 0 Å². The molecule has 0 radical (unpaired) electrons. The molecular weight excluding hydrogens is 300 g/mol. The van der Waals surface area contributed by atoms with Crippen LogP contribution < -0.4 is 0 Å². The maximum Gasteiger partial charge on any atom is 0.311 e. The van der Waals surface area contributed by atoms with Crippen molar-refractivity contribution < 1.29 is 19.1 Å². The second-order valence-electron chi connectivity index (χ2n) is 5.09. The Bertz CT molecular complexity index is 717. The van der Waals surface area contributed by atoms with Crippen LogP contribution in [0.15, 0.2) is 6.20 Å². The van der Waals surface area contributed by atoms with Gasteiger partial charge in [-0.1, -0.05) is 0 Å². The second-order valence-corrected chi connectivity index (χ2v) is 5.09. The van der Waals surface area contributed by atoms with E-state index < -0.39 is 0 Å². The number of nitrogens with one attached hydrogen (secondary N) is 1. The zero-order valence-electron chi connectivity index (χ0n) is 13.7. The van der Waals surface area contributed by atoms with Gasteiger partial charge in [0.05, 0.1) is 32.8 Å². The molecule has 0 amide bonds. The van der Waals surface area contributed by atoms with Crippen LogP contribution in [0.2, 0.25) is 0 Å². The van der Waals surface area contributed by atoms with E-state index in [1.807, 2.05) is 18.4 Å². The van der Waals surface area contributed by atoms with Crippen LogP contribution >= 0.6 is 0 Å². The summed E-state index contributed by atoms with van der Waals surface area (Å²) in [5.74, 6) is 1.36. The molecule has 0 saturated heterocycles. The molecule has 0 unspecified atom stereocenters. The summed E-state index contributed by atoms with van der Waals surface area (Å²) in [5.41, 5.74) is 1.47. The summed E-state index contributed by atoms with van der Waals surface area (Å²) in [4.78, 5) is 34.8. The van der Waals surface area contributed by atoms with Crippen LogP contribution in [0.5, 0.6) is 0 Å². The van der Waals surface area contributed by atoms with Crippen LogP contribution in [0.4, 0.5) is 0 Å². The molecule has 0 aromatic carbocycles. The van der Waals surface area contributed by atoms with E-state index in [1.54, 1.807) is 6.20 Å². The molecule has 2 aromatic rings. The number of imidazole rings is 2. The van der Waals surface area contributed by atoms with E-state index in [1.165, 1.54) is 14.2 Å². The average Bonchev–Trinajstić information content (AvgIpc) is 3.06. The second kappa shape index (κ2) is 7.08. The summed E-state index contributed by atoms with van der Waals surface area (Å²) in [7, 11) is 2.70. The monoisotopic (exact) mass is 320 g/mol. The third-order valence-electron chi connectivity index (χ3n) is 3.46. The lowest BCUT2D eigenvalue weighted by Crippen LogP contribution is -2.11. The molecular formula is C15H20N4O4. The Labute approximate surface area is 133 Å². The van der Waals surface area contributed by atoms with Crippen molar-refractivity contribution in [3.05, 3.63) is 29.2 Å². The SMILES string of the molecule is COC(=O)CCc1cnc(C)n1-c1nc(C)[nH]c1CC(=O)OC. The van der Waals surface area contributed by atoms with E-state index in [2.05, 4.69) is 19.7 Å². The molecule has 0 bridgehead atoms. The highest BCUT2D eigenvalue weighted by atomic mass is 16.5. The normalized spacial score (nSPS) is 10.6. The fourth-order valence-electron chi connectivity index (χ4n) is 2.34. The topological polar surface area (TPSA) is 99.1 Å². The molecule has 23 heavy (non-hydrogen) atoms. The summed E-state index contributed by atoms with van der Waals surface area (Å²) < 4.78 is 11.2. The van der Waals surface area contributed by atoms with Crippen molar-refractivity contribution in [2.75, 3.05) is 14.2 Å². The molecule has 0 atom stereocenters. The summed E-state index contributed by atoms with van der Waals surface area (Å²) >= 11 is 0. The predicted octanol–water partition coefficient (Wildman–Crippen LogP) is 1.03. The lowest BCUT2D eigenvalue weighted by molar-refractivity contribution is -0.141. The fraction of sp³-hybridized carbons (Fsp3) is 0.467. The Balaban J connectivity index is 2.36. The molecule has 0 spiro atoms. The number of hydrogen-bond acceptors (Lipinski definition) is 6. The molecule has 2 heterocycles. The Morgan fingerprint density at radius 3 is 2.57 bits per heavy atom. The van der Waals surface area contributed by atoms with Crippen molar-refractivity contribution in [2.24, 2.45) is 0 Å². The van der Waals surface area contributed by atoms with Crippen molar-refractivity contribution in [3.63, 3.8) is 0 Å². The highest BCUT2D eigenvalue weighted by molar-refractivity contribution is 5.73. The highest BCUT2D eigenvalue weighted by Gasteiger charge is 2.19. The summed E-state index contributed by atoms with van der Waals surface area (Å²) in [6.07, 6.45) is 2.50. The third kappa shape index (κ3) is 3.77. The van der Waals surface area contributed by atoms with Gasteiger partial charge in [0.15, 0.2) is 5.82 Å². The fourth-order valence-corrected chi connectivity index (χ4v) is 2.34. The van der Waals surface area contributed by atoms with E-state index in [4.69, 9.17) is 4.74 Å². The molecule has 0 aliphatic carbocycles. The van der Waals surface area contributed by atoms with Gasteiger partial charge in [-0.2, -0.15) is 0 Å². The van der Waals surface area contributed by atoms with E-state index in [-0.39, 0.29) is 24.8 Å². The quantitative estimate of drug-likeness (QED) is 0.798. The van der Waals surface area contributed by atoms with Crippen LogP contribution in [0.1, 0.15) is 29.5 Å². The van der Waals surface area contributed by atoms with Crippen LogP contribution in [0, 0.1) is 13.8 Å². The van der Waals surface area contributed by atoms with Crippen LogP contribution in [-0.4, -0.2) is 45.7 Å². The minimum Gasteiger partial charge on any atom is -0.469 e. The number of methoxy groups -OCH3 is 2. The van der Waals surface area contributed by atoms with Gasteiger partial charge in [0.25, 0.3) is 0 Å². The van der Waals surface area contributed by atoms with E-state index in [9.17, 15) is 9.59 Å². The number of rotatable bonds is 6. The number of carbonyl (C=O) groups excluding carboxylic acids is 2. The summed E-state index contributed by atoms with van der Waals surface area (Å²) in [6.45, 7) is 3.65. The number of ether oxygens (including phenoxy) is 2. The molecule has 0 saturated carbocycles. The highest BCUT2D eigenvalue weighted by Crippen LogP contribution is 2.19. The van der Waals surface area contributed by atoms with Crippen LogP contribution in [0.3, 0.4) is 0 Å². The summed E-state index contributed by atoms with van der Waals surface area (Å²) in [6, 6.07) is 0. The zero-order chi connectivity index (χ0) is 17.0. The first-order valence-electron chi connectivity index (χ1n) is 7.19. The van der Waals surface area contributed by atoms with Gasteiger partial charge in [-0.15, -0.1) is 0 Å². The van der Waals surface area contributed by atoms with Crippen molar-refractivity contribution in [2.45, 2.75) is 33.1 Å². The van der Waals surface area contributed by atoms with E-state index in [0.29, 0.717) is 23.8 Å². The lowest BCUT2D eigenvalue weighted by atomic mass is 10.2. The number of H-pyrrole nitrogens is 1. The Hall–Kier alpha value is -2.64. The molecule has 8 heteroatoms. The lowest BCUT2D eigenvalue weighted by Gasteiger charge is -2.09. The van der Waals surface area contributed by atoms with Gasteiger partial charge in [-0.25, -0.2) is 9.97 Å². The maximum atomic E-state index is 11.6. The Morgan fingerprint density at radius 2 is 1.91 bits per heavy atom. The van der Waals surface area contributed by atoms with Crippen molar-refractivity contribution in [1.82, 2.24) is 19.5 Å². The van der Waals surface area contributed by atoms with Crippen molar-refractivity contribution in [3.8, 4) is 5.82 Å². The maximum absolute atomic E-state index is 11.6. The van der Waals surface area contributed by atoms with E-state index in [0.717, 1.165) is 11.5 Å². The third-order valence-corrected chi connectivity index (χ3v) is 3.46. The number of aromatic nitrogens is 4. The largest absolute Gasteiger partial charge is 0.469 e. The van der Waals surface area contributed by atoms with Gasteiger partial charge in [-0.05, 0) is 13.8 Å². The van der Waals surface area contributed by atoms with Crippen LogP contribution in [0.25, 0.3) is 5.82 Å². The van der Waals surface area contributed by atoms with Gasteiger partial charge in [0.2, 0.25) is 0 Å². The number of aromatic amines is 1. The number of hydrogen-bond donors (Lipinski definition) is 1. The van der Waals surface area contributed by atoms with Crippen molar-refractivity contribution >= 4 is 11.9 Å². The molecule has 0 aliphatic rings. The molecule has 1 N–H and O–H groups in total. The van der Waals surface area contributed by atoms with Gasteiger partial charge in [0, 0.05) is 18.3 Å². The molecule has 0 aliphatic heterocycles. The molecule has 0 fully saturated rings. The van der Waals surface area contributed by atoms with Gasteiger partial charge in [0.1, 0.15) is 11.6 Å². The number of esters is 2. The number of carbonyl (C=O) groups is 2. The van der Waals surface area contributed by atoms with Gasteiger partial charge >= 0.3 is 11.9 Å². The Kier molecular flexibility index (Phi) is 5.15. The zero-order valence-corrected chi connectivity index (χ0v) is 13.7. The molecule has 2 aromatic heterocycles. The minimum absolute atomic E-state index is 0.0841. The van der Waals surface area contributed by atoms with E-state index >= 15 is 0 Å². The minimum atomic E-state index is -0.358. The number of nitrogens with zero attached hydrogens (tertiary/aromatic N) is 3. The van der Waals surface area contributed by atoms with Crippen LogP contribution in [-0.2, 0) is 31.9 Å². The molecule has 2 rings (SSSR count). The van der Waals surface area contributed by atoms with Gasteiger partial charge < -0.3 is 14.5 Å². The Morgan fingerprint density at radius 1 is 1.22 bits per heavy atom. The standard InChI is InChI=1S/C15H20N4O4/c1-9-17-12(7-14(21)23-4)15(18-9)19-10(2)16-8-11(19)5-6-13(20)22-3/h8H,5-7H2,1-4H3,(H,17,18). The first kappa shape index (κ1) is 16.7. The van der Waals surface area contributed by atoms with Gasteiger partial charge in [-0.3, -0.25) is 14.2 Å². The first-order valence-corrected chi connectivity index (χ1v) is 7.19. The molecule has 8 nitrogen and oxygen atoms in total. The molecule has 124 valence electrons. The smallest absolute Gasteiger partial charge is 0.311 e.